The molecule has 1 fully saturated rings. The van der Waals surface area contributed by atoms with Crippen LogP contribution in [-0.2, 0) is 4.79 Å². The Bertz CT molecular complexity index is 1110. The number of nitriles is 1. The van der Waals surface area contributed by atoms with Crippen LogP contribution in [0.15, 0.2) is 29.4 Å². The van der Waals surface area contributed by atoms with Gasteiger partial charge in [-0.05, 0) is 43.5 Å². The summed E-state index contributed by atoms with van der Waals surface area (Å²) in [6.07, 6.45) is 4.51. The van der Waals surface area contributed by atoms with Gasteiger partial charge in [-0.1, -0.05) is 31.0 Å². The highest BCUT2D eigenvalue weighted by molar-refractivity contribution is 7.99. The maximum atomic E-state index is 12.6. The first-order valence-electron chi connectivity index (χ1n) is 9.73. The summed E-state index contributed by atoms with van der Waals surface area (Å²) in [4.78, 5) is 12.6. The molecule has 1 aliphatic carbocycles. The zero-order chi connectivity index (χ0) is 20.4. The van der Waals surface area contributed by atoms with Gasteiger partial charge in [0.15, 0.2) is 10.8 Å². The van der Waals surface area contributed by atoms with Crippen molar-refractivity contribution in [2.75, 3.05) is 12.9 Å². The monoisotopic (exact) mass is 409 g/mol. The average molecular weight is 410 g/mol. The second kappa shape index (κ2) is 7.91. The third-order valence-corrected chi connectivity index (χ3v) is 6.44. The fourth-order valence-corrected chi connectivity index (χ4v) is 4.73. The predicted molar refractivity (Wildman–Crippen MR) is 112 cm³/mol. The second-order valence-electron chi connectivity index (χ2n) is 7.48. The fraction of sp³-hybridized carbons (Fsp3) is 0.429. The van der Waals surface area contributed by atoms with Crippen LogP contribution < -0.4 is 10.1 Å². The summed E-state index contributed by atoms with van der Waals surface area (Å²) in [6, 6.07) is 10.2. The van der Waals surface area contributed by atoms with Crippen molar-refractivity contribution in [2.45, 2.75) is 49.7 Å². The topological polar surface area (TPSA) is 92.3 Å². The van der Waals surface area contributed by atoms with Gasteiger partial charge in [-0.2, -0.15) is 5.26 Å². The van der Waals surface area contributed by atoms with Crippen molar-refractivity contribution < 1.29 is 9.53 Å². The van der Waals surface area contributed by atoms with E-state index in [1.54, 1.807) is 7.11 Å². The number of carbonyl (C=O) groups is 1. The van der Waals surface area contributed by atoms with Gasteiger partial charge in [-0.3, -0.25) is 9.20 Å². The van der Waals surface area contributed by atoms with Gasteiger partial charge in [-0.15, -0.1) is 10.2 Å². The number of methoxy groups -OCH3 is 1. The Kier molecular flexibility index (Phi) is 5.33. The molecule has 4 rings (SSSR count). The van der Waals surface area contributed by atoms with Crippen LogP contribution in [0, 0.1) is 18.3 Å². The Morgan fingerprint density at radius 2 is 2.10 bits per heavy atom. The third-order valence-electron chi connectivity index (χ3n) is 5.51. The number of aromatic nitrogens is 3. The van der Waals surface area contributed by atoms with Crippen molar-refractivity contribution in [1.29, 1.82) is 5.26 Å². The minimum atomic E-state index is -0.722. The van der Waals surface area contributed by atoms with E-state index >= 15 is 0 Å². The number of nitrogens with zero attached hydrogens (tertiary/aromatic N) is 4. The van der Waals surface area contributed by atoms with Crippen LogP contribution in [0.1, 0.15) is 37.7 Å². The number of pyridine rings is 1. The number of amides is 1. The molecule has 2 aromatic heterocycles. The van der Waals surface area contributed by atoms with Crippen LogP contribution in [0.2, 0.25) is 0 Å². The predicted octanol–water partition coefficient (Wildman–Crippen LogP) is 3.63. The van der Waals surface area contributed by atoms with Crippen LogP contribution >= 0.6 is 11.8 Å². The maximum absolute atomic E-state index is 12.6. The Morgan fingerprint density at radius 1 is 1.31 bits per heavy atom. The van der Waals surface area contributed by atoms with Gasteiger partial charge in [0.1, 0.15) is 11.3 Å². The molecule has 150 valence electrons. The molecule has 29 heavy (non-hydrogen) atoms. The van der Waals surface area contributed by atoms with Gasteiger partial charge in [0.05, 0.1) is 24.4 Å². The summed E-state index contributed by atoms with van der Waals surface area (Å²) in [5.74, 6) is 0.785. The molecule has 1 N–H and O–H groups in total. The van der Waals surface area contributed by atoms with Gasteiger partial charge in [0, 0.05) is 11.5 Å². The van der Waals surface area contributed by atoms with Crippen molar-refractivity contribution in [2.24, 2.45) is 0 Å². The van der Waals surface area contributed by atoms with Crippen molar-refractivity contribution in [3.63, 3.8) is 0 Å². The highest BCUT2D eigenvalue weighted by atomic mass is 32.2. The van der Waals surface area contributed by atoms with Gasteiger partial charge < -0.3 is 10.1 Å². The lowest BCUT2D eigenvalue weighted by atomic mass is 9.83. The first-order valence-corrected chi connectivity index (χ1v) is 10.7. The summed E-state index contributed by atoms with van der Waals surface area (Å²) in [6.45, 7) is 2.04. The van der Waals surface area contributed by atoms with Crippen molar-refractivity contribution in [1.82, 2.24) is 19.9 Å². The van der Waals surface area contributed by atoms with E-state index in [0.717, 1.165) is 60.0 Å². The number of nitrogens with one attached hydrogen (secondary N) is 1. The van der Waals surface area contributed by atoms with E-state index in [1.165, 1.54) is 11.8 Å². The second-order valence-corrected chi connectivity index (χ2v) is 8.42. The molecule has 1 saturated carbocycles. The molecule has 8 heteroatoms. The van der Waals surface area contributed by atoms with Gasteiger partial charge in [0.2, 0.25) is 5.91 Å². The third kappa shape index (κ3) is 3.75. The van der Waals surface area contributed by atoms with E-state index < -0.39 is 5.54 Å². The van der Waals surface area contributed by atoms with E-state index in [1.807, 2.05) is 35.6 Å². The number of ether oxygens (including phenoxy) is 1. The highest BCUT2D eigenvalue weighted by Crippen LogP contribution is 2.30. The number of carbonyl (C=O) groups excluding carboxylic acids is 1. The molecule has 0 bridgehead atoms. The highest BCUT2D eigenvalue weighted by Gasteiger charge is 2.33. The SMILES string of the molecule is COc1ccc2c(C)cc3nnc(SCC(=O)NC4(C#N)CCCCC4)n3c2c1. The molecule has 7 nitrogen and oxygen atoms in total. The minimum Gasteiger partial charge on any atom is -0.497 e. The number of benzene rings is 1. The molecular weight excluding hydrogens is 386 g/mol. The molecule has 0 radical (unpaired) electrons. The summed E-state index contributed by atoms with van der Waals surface area (Å²) in [7, 11) is 1.64. The molecule has 0 saturated heterocycles. The standard InChI is InChI=1S/C21H23N5O2S/c1-14-10-18-24-25-20(26(18)17-11-15(28-2)6-7-16(14)17)29-12-19(27)23-21(13-22)8-4-3-5-9-21/h6-7,10-11H,3-5,8-9,12H2,1-2H3,(H,23,27). The normalized spacial score (nSPS) is 15.9. The molecule has 1 amide bonds. The Hall–Kier alpha value is -2.79. The number of fused-ring (bicyclic) bond motifs is 3. The van der Waals surface area contributed by atoms with Gasteiger partial charge in [-0.25, -0.2) is 0 Å². The Labute approximate surface area is 173 Å². The van der Waals surface area contributed by atoms with Crippen LogP contribution in [-0.4, -0.2) is 38.9 Å². The number of thioether (sulfide) groups is 1. The summed E-state index contributed by atoms with van der Waals surface area (Å²) in [5.41, 5.74) is 2.05. The van der Waals surface area contributed by atoms with E-state index in [4.69, 9.17) is 4.74 Å². The molecule has 0 unspecified atom stereocenters. The summed E-state index contributed by atoms with van der Waals surface area (Å²) in [5, 5.41) is 22.8. The maximum Gasteiger partial charge on any atom is 0.231 e. The first kappa shape index (κ1) is 19.5. The Morgan fingerprint density at radius 3 is 2.83 bits per heavy atom. The van der Waals surface area contributed by atoms with Crippen LogP contribution in [0.3, 0.4) is 0 Å². The lowest BCUT2D eigenvalue weighted by Gasteiger charge is -2.31. The molecular formula is C21H23N5O2S. The lowest BCUT2D eigenvalue weighted by Crippen LogP contribution is -2.49. The smallest absolute Gasteiger partial charge is 0.231 e. The van der Waals surface area contributed by atoms with E-state index in [9.17, 15) is 10.1 Å². The van der Waals surface area contributed by atoms with E-state index in [0.29, 0.717) is 5.16 Å². The van der Waals surface area contributed by atoms with Crippen LogP contribution in [0.5, 0.6) is 5.75 Å². The largest absolute Gasteiger partial charge is 0.497 e. The van der Waals surface area contributed by atoms with Crippen LogP contribution in [0.4, 0.5) is 0 Å². The minimum absolute atomic E-state index is 0.149. The molecule has 0 aliphatic heterocycles. The van der Waals surface area contributed by atoms with E-state index in [-0.39, 0.29) is 11.7 Å². The molecule has 3 aromatic rings. The van der Waals surface area contributed by atoms with Crippen molar-refractivity contribution in [3.8, 4) is 11.8 Å². The number of aryl methyl sites for hydroxylation is 1. The van der Waals surface area contributed by atoms with Crippen molar-refractivity contribution >= 4 is 34.2 Å². The quantitative estimate of drug-likeness (QED) is 0.647. The summed E-state index contributed by atoms with van der Waals surface area (Å²) < 4.78 is 7.33. The van der Waals surface area contributed by atoms with Gasteiger partial charge >= 0.3 is 0 Å². The number of hydrogen-bond donors (Lipinski definition) is 1. The number of hydrogen-bond acceptors (Lipinski definition) is 6. The zero-order valence-electron chi connectivity index (χ0n) is 16.6. The average Bonchev–Trinajstić information content (AvgIpc) is 3.15. The molecule has 0 atom stereocenters. The Balaban J connectivity index is 1.59. The molecule has 0 spiro atoms. The zero-order valence-corrected chi connectivity index (χ0v) is 17.4. The van der Waals surface area contributed by atoms with Crippen LogP contribution in [0.25, 0.3) is 16.6 Å². The van der Waals surface area contributed by atoms with Crippen molar-refractivity contribution in [3.05, 3.63) is 29.8 Å². The fourth-order valence-electron chi connectivity index (χ4n) is 3.98. The molecule has 1 aromatic carbocycles. The summed E-state index contributed by atoms with van der Waals surface area (Å²) >= 11 is 1.32. The van der Waals surface area contributed by atoms with Gasteiger partial charge in [0.25, 0.3) is 0 Å². The number of rotatable bonds is 5. The van der Waals surface area contributed by atoms with E-state index in [2.05, 4.69) is 21.6 Å². The molecule has 2 heterocycles. The molecule has 1 aliphatic rings. The lowest BCUT2D eigenvalue weighted by molar-refractivity contribution is -0.120. The first-order chi connectivity index (χ1) is 14.0.